The number of nitrogens with zero attached hydrogens (tertiary/aromatic N) is 1. The number of amides is 1. The van der Waals surface area contributed by atoms with Gasteiger partial charge in [-0.2, -0.15) is 0 Å². The number of aliphatic carboxylic acids is 1. The summed E-state index contributed by atoms with van der Waals surface area (Å²) < 4.78 is 0. The lowest BCUT2D eigenvalue weighted by Gasteiger charge is -2.38. The van der Waals surface area contributed by atoms with Crippen LogP contribution in [-0.2, 0) is 9.59 Å². The van der Waals surface area contributed by atoms with Crippen LogP contribution in [0.5, 0.6) is 0 Å². The highest BCUT2D eigenvalue weighted by Gasteiger charge is 2.40. The van der Waals surface area contributed by atoms with Crippen LogP contribution in [0.25, 0.3) is 0 Å². The lowest BCUT2D eigenvalue weighted by molar-refractivity contribution is -0.159. The summed E-state index contributed by atoms with van der Waals surface area (Å²) in [6, 6.07) is 0. The smallest absolute Gasteiger partial charge is 0.318 e. The van der Waals surface area contributed by atoms with Gasteiger partial charge in [-0.1, -0.05) is 13.8 Å². The molecule has 1 aliphatic rings. The molecule has 1 aliphatic heterocycles. The maximum Gasteiger partial charge on any atom is 0.318 e. The molecule has 4 heteroatoms. The Balaban J connectivity index is 2.73. The normalized spacial score (nSPS) is 26.6. The number of carboxylic acid groups (broad SMARTS) is 1. The first-order valence-corrected chi connectivity index (χ1v) is 5.79. The van der Waals surface area contributed by atoms with Gasteiger partial charge < -0.3 is 10.0 Å². The van der Waals surface area contributed by atoms with Crippen LogP contribution in [-0.4, -0.2) is 35.0 Å². The van der Waals surface area contributed by atoms with Crippen molar-refractivity contribution in [1.82, 2.24) is 4.90 Å². The fourth-order valence-electron chi connectivity index (χ4n) is 1.93. The summed E-state index contributed by atoms with van der Waals surface area (Å²) in [6.07, 6.45) is 0.961. The Morgan fingerprint density at radius 2 is 1.81 bits per heavy atom. The van der Waals surface area contributed by atoms with Crippen molar-refractivity contribution in [2.24, 2.45) is 17.3 Å². The first-order chi connectivity index (χ1) is 7.26. The molecular weight excluding hydrogens is 206 g/mol. The fourth-order valence-corrected chi connectivity index (χ4v) is 1.93. The summed E-state index contributed by atoms with van der Waals surface area (Å²) in [7, 11) is 0. The van der Waals surface area contributed by atoms with Crippen molar-refractivity contribution in [2.75, 3.05) is 13.1 Å². The Hall–Kier alpha value is -1.06. The topological polar surface area (TPSA) is 57.6 Å². The Labute approximate surface area is 96.6 Å². The quantitative estimate of drug-likeness (QED) is 0.729. The van der Waals surface area contributed by atoms with Gasteiger partial charge in [0, 0.05) is 13.1 Å². The number of carbonyl (C=O) groups excluding carboxylic acids is 1. The van der Waals surface area contributed by atoms with Crippen LogP contribution in [0.3, 0.4) is 0 Å². The minimum absolute atomic E-state index is 0.265. The first kappa shape index (κ1) is 13.0. The molecule has 1 amide bonds. The van der Waals surface area contributed by atoms with Gasteiger partial charge in [0.15, 0.2) is 0 Å². The van der Waals surface area contributed by atoms with Gasteiger partial charge in [0.05, 0.1) is 0 Å². The van der Waals surface area contributed by atoms with Crippen molar-refractivity contribution < 1.29 is 14.7 Å². The van der Waals surface area contributed by atoms with Crippen molar-refractivity contribution in [3.05, 3.63) is 0 Å². The van der Waals surface area contributed by atoms with E-state index in [4.69, 9.17) is 5.11 Å². The van der Waals surface area contributed by atoms with E-state index in [-0.39, 0.29) is 5.91 Å². The fraction of sp³-hybridized carbons (Fsp3) is 0.833. The second-order valence-corrected chi connectivity index (χ2v) is 5.42. The summed E-state index contributed by atoms with van der Waals surface area (Å²) in [5.41, 5.74) is -1.31. The molecular formula is C12H21NO3. The van der Waals surface area contributed by atoms with Crippen LogP contribution in [0.2, 0.25) is 0 Å². The second kappa shape index (κ2) is 4.44. The Morgan fingerprint density at radius 1 is 1.25 bits per heavy atom. The van der Waals surface area contributed by atoms with E-state index in [0.717, 1.165) is 6.42 Å². The van der Waals surface area contributed by atoms with Crippen molar-refractivity contribution in [1.29, 1.82) is 0 Å². The zero-order valence-corrected chi connectivity index (χ0v) is 10.5. The SMILES string of the molecule is CC1CCN(C(=O)C(C)(C)C(=O)O)CC1C. The minimum Gasteiger partial charge on any atom is -0.480 e. The molecule has 2 atom stereocenters. The first-order valence-electron chi connectivity index (χ1n) is 5.79. The largest absolute Gasteiger partial charge is 0.480 e. The van der Waals surface area contributed by atoms with Crippen LogP contribution < -0.4 is 0 Å². The van der Waals surface area contributed by atoms with Gasteiger partial charge in [-0.15, -0.1) is 0 Å². The average molecular weight is 227 g/mol. The van der Waals surface area contributed by atoms with E-state index in [2.05, 4.69) is 13.8 Å². The number of likely N-dealkylation sites (tertiary alicyclic amines) is 1. The maximum atomic E-state index is 12.1. The minimum atomic E-state index is -1.31. The molecule has 1 saturated heterocycles. The monoisotopic (exact) mass is 227 g/mol. The molecule has 0 spiro atoms. The third kappa shape index (κ3) is 2.36. The summed E-state index contributed by atoms with van der Waals surface area (Å²) in [6.45, 7) is 8.59. The van der Waals surface area contributed by atoms with Crippen LogP contribution in [0.4, 0.5) is 0 Å². The number of carbonyl (C=O) groups is 2. The molecule has 1 heterocycles. The van der Waals surface area contributed by atoms with Crippen molar-refractivity contribution in [3.63, 3.8) is 0 Å². The highest BCUT2D eigenvalue weighted by atomic mass is 16.4. The third-order valence-electron chi connectivity index (χ3n) is 3.69. The Kier molecular flexibility index (Phi) is 3.61. The molecule has 0 aliphatic carbocycles. The number of carboxylic acids is 1. The van der Waals surface area contributed by atoms with E-state index in [1.807, 2.05) is 0 Å². The van der Waals surface area contributed by atoms with E-state index in [1.54, 1.807) is 4.90 Å². The van der Waals surface area contributed by atoms with Gasteiger partial charge in [0.1, 0.15) is 5.41 Å². The summed E-state index contributed by atoms with van der Waals surface area (Å²) in [5, 5.41) is 9.01. The van der Waals surface area contributed by atoms with Crippen molar-refractivity contribution >= 4 is 11.9 Å². The molecule has 0 aromatic carbocycles. The molecule has 0 saturated carbocycles. The summed E-state index contributed by atoms with van der Waals surface area (Å²) >= 11 is 0. The van der Waals surface area contributed by atoms with Gasteiger partial charge in [-0.25, -0.2) is 0 Å². The lowest BCUT2D eigenvalue weighted by atomic mass is 9.85. The van der Waals surface area contributed by atoms with Gasteiger partial charge >= 0.3 is 5.97 Å². The molecule has 1 rings (SSSR count). The van der Waals surface area contributed by atoms with Gasteiger partial charge in [0.2, 0.25) is 5.91 Å². The highest BCUT2D eigenvalue weighted by Crippen LogP contribution is 2.27. The number of hydrogen-bond acceptors (Lipinski definition) is 2. The van der Waals surface area contributed by atoms with Crippen LogP contribution in [0.15, 0.2) is 0 Å². The van der Waals surface area contributed by atoms with Crippen LogP contribution >= 0.6 is 0 Å². The molecule has 0 bridgehead atoms. The lowest BCUT2D eigenvalue weighted by Crippen LogP contribution is -2.50. The number of piperidine rings is 1. The molecule has 0 aromatic rings. The van der Waals surface area contributed by atoms with Gasteiger partial charge in [0.25, 0.3) is 0 Å². The zero-order valence-electron chi connectivity index (χ0n) is 10.5. The Morgan fingerprint density at radius 3 is 2.25 bits per heavy atom. The number of rotatable bonds is 2. The molecule has 0 aromatic heterocycles. The van der Waals surface area contributed by atoms with Crippen molar-refractivity contribution in [2.45, 2.75) is 34.1 Å². The molecule has 2 unspecified atom stereocenters. The van der Waals surface area contributed by atoms with Crippen LogP contribution in [0, 0.1) is 17.3 Å². The van der Waals surface area contributed by atoms with E-state index in [1.165, 1.54) is 13.8 Å². The highest BCUT2D eigenvalue weighted by molar-refractivity contribution is 6.01. The molecule has 92 valence electrons. The molecule has 1 fully saturated rings. The zero-order chi connectivity index (χ0) is 12.5. The van der Waals surface area contributed by atoms with E-state index in [0.29, 0.717) is 24.9 Å². The van der Waals surface area contributed by atoms with Gasteiger partial charge in [-0.05, 0) is 32.1 Å². The van der Waals surface area contributed by atoms with Crippen molar-refractivity contribution in [3.8, 4) is 0 Å². The maximum absolute atomic E-state index is 12.1. The predicted molar refractivity (Wildman–Crippen MR) is 60.9 cm³/mol. The molecule has 0 radical (unpaired) electrons. The molecule has 16 heavy (non-hydrogen) atoms. The Bertz CT molecular complexity index is 299. The average Bonchev–Trinajstić information content (AvgIpc) is 2.20. The standard InChI is InChI=1S/C12H21NO3/c1-8-5-6-13(7-9(8)2)10(14)12(3,4)11(15)16/h8-9H,5-7H2,1-4H3,(H,15,16). The molecule has 1 N–H and O–H groups in total. The summed E-state index contributed by atoms with van der Waals surface area (Å²) in [5.74, 6) is -0.262. The van der Waals surface area contributed by atoms with Crippen LogP contribution in [0.1, 0.15) is 34.1 Å². The predicted octanol–water partition coefficient (Wildman–Crippen LogP) is 1.60. The molecule has 4 nitrogen and oxygen atoms in total. The van der Waals surface area contributed by atoms with E-state index >= 15 is 0 Å². The second-order valence-electron chi connectivity index (χ2n) is 5.42. The van der Waals surface area contributed by atoms with Gasteiger partial charge in [-0.3, -0.25) is 9.59 Å². The third-order valence-corrected chi connectivity index (χ3v) is 3.69. The van der Waals surface area contributed by atoms with E-state index < -0.39 is 11.4 Å². The number of hydrogen-bond donors (Lipinski definition) is 1. The summed E-state index contributed by atoms with van der Waals surface area (Å²) in [4.78, 5) is 24.8. The van der Waals surface area contributed by atoms with E-state index in [9.17, 15) is 9.59 Å².